The Bertz CT molecular complexity index is 1200. The number of nitrogens with zero attached hydrogens (tertiary/aromatic N) is 4. The van der Waals surface area contributed by atoms with E-state index in [4.69, 9.17) is 0 Å². The second-order valence-electron chi connectivity index (χ2n) is 7.70. The summed E-state index contributed by atoms with van der Waals surface area (Å²) < 4.78 is 1.88. The average molecular weight is 386 g/mol. The van der Waals surface area contributed by atoms with Gasteiger partial charge < -0.3 is 4.90 Å². The normalized spacial score (nSPS) is 11.3. The molecule has 0 fully saturated rings. The third-order valence-corrected chi connectivity index (χ3v) is 5.59. The third kappa shape index (κ3) is 3.73. The van der Waals surface area contributed by atoms with Crippen molar-refractivity contribution in [1.82, 2.24) is 19.5 Å². The number of aromatic nitrogens is 3. The Morgan fingerprint density at radius 2 is 1.83 bits per heavy atom. The van der Waals surface area contributed by atoms with Crippen molar-refractivity contribution in [2.75, 3.05) is 7.05 Å². The monoisotopic (exact) mass is 386 g/mol. The molecule has 2 heterocycles. The van der Waals surface area contributed by atoms with Crippen LogP contribution in [-0.2, 0) is 17.8 Å². The van der Waals surface area contributed by atoms with E-state index < -0.39 is 0 Å². The summed E-state index contributed by atoms with van der Waals surface area (Å²) in [6, 6.07) is 16.5. The third-order valence-electron chi connectivity index (χ3n) is 5.59. The van der Waals surface area contributed by atoms with E-state index in [2.05, 4.69) is 40.4 Å². The summed E-state index contributed by atoms with van der Waals surface area (Å²) in [7, 11) is 1.88. The van der Waals surface area contributed by atoms with E-state index in [-0.39, 0.29) is 5.91 Å². The van der Waals surface area contributed by atoms with E-state index in [1.54, 1.807) is 0 Å². The molecule has 0 spiro atoms. The molecule has 5 nitrogen and oxygen atoms in total. The predicted molar refractivity (Wildman–Crippen MR) is 116 cm³/mol. The quantitative estimate of drug-likeness (QED) is 0.511. The Balaban J connectivity index is 1.49. The Morgan fingerprint density at radius 3 is 2.66 bits per heavy atom. The van der Waals surface area contributed by atoms with Crippen molar-refractivity contribution >= 4 is 22.3 Å². The number of benzene rings is 2. The number of fused-ring (bicyclic) bond motifs is 2. The molecule has 2 aromatic heterocycles. The molecule has 2 aromatic carbocycles. The summed E-state index contributed by atoms with van der Waals surface area (Å²) in [6.45, 7) is 6.63. The molecule has 0 aliphatic rings. The summed E-state index contributed by atoms with van der Waals surface area (Å²) in [6.07, 6.45) is 1.12. The van der Waals surface area contributed by atoms with E-state index in [0.717, 1.165) is 28.3 Å². The highest BCUT2D eigenvalue weighted by Gasteiger charge is 2.15. The van der Waals surface area contributed by atoms with Crippen LogP contribution >= 0.6 is 0 Å². The molecular weight excluding hydrogens is 360 g/mol. The van der Waals surface area contributed by atoms with Crippen LogP contribution in [0.1, 0.15) is 34.6 Å². The highest BCUT2D eigenvalue weighted by Crippen LogP contribution is 2.21. The van der Waals surface area contributed by atoms with E-state index in [1.165, 1.54) is 16.3 Å². The number of carbonyl (C=O) groups excluding carboxylic acids is 1. The molecule has 0 atom stereocenters. The predicted octanol–water partition coefficient (Wildman–Crippen LogP) is 4.40. The van der Waals surface area contributed by atoms with Crippen molar-refractivity contribution in [2.24, 2.45) is 0 Å². The molecule has 0 saturated carbocycles. The Hall–Kier alpha value is -3.21. The molecule has 0 bridgehead atoms. The number of rotatable bonds is 5. The van der Waals surface area contributed by atoms with Crippen LogP contribution in [0.2, 0.25) is 0 Å². The lowest BCUT2D eigenvalue weighted by molar-refractivity contribution is -0.130. The largest absolute Gasteiger partial charge is 0.341 e. The molecule has 29 heavy (non-hydrogen) atoms. The maximum absolute atomic E-state index is 12.8. The van der Waals surface area contributed by atoms with Crippen LogP contribution in [0.5, 0.6) is 0 Å². The minimum atomic E-state index is 0.133. The molecule has 0 unspecified atom stereocenters. The maximum Gasteiger partial charge on any atom is 0.222 e. The van der Waals surface area contributed by atoms with Crippen LogP contribution in [-0.4, -0.2) is 32.5 Å². The maximum atomic E-state index is 12.8. The smallest absolute Gasteiger partial charge is 0.222 e. The molecule has 0 N–H and O–H groups in total. The van der Waals surface area contributed by atoms with Gasteiger partial charge in [0.1, 0.15) is 0 Å². The second-order valence-corrected chi connectivity index (χ2v) is 7.70. The first kappa shape index (κ1) is 19.1. The van der Waals surface area contributed by atoms with Crippen LogP contribution in [0.15, 0.2) is 48.5 Å². The molecule has 5 heteroatoms. The minimum Gasteiger partial charge on any atom is -0.341 e. The standard InChI is InChI=1S/C24H26N4O/c1-16-14-23-25-17(2)21(18(3)28(23)26-16)12-13-24(29)27(4)15-20-10-7-9-19-8-5-6-11-22(19)20/h5-11,14H,12-13,15H2,1-4H3. The van der Waals surface area contributed by atoms with Gasteiger partial charge in [-0.15, -0.1) is 0 Å². The van der Waals surface area contributed by atoms with E-state index in [0.29, 0.717) is 19.4 Å². The fourth-order valence-electron chi connectivity index (χ4n) is 4.00. The fourth-order valence-corrected chi connectivity index (χ4v) is 4.00. The number of hydrogen-bond donors (Lipinski definition) is 0. The topological polar surface area (TPSA) is 50.5 Å². The van der Waals surface area contributed by atoms with Crippen molar-refractivity contribution in [3.05, 3.63) is 76.7 Å². The van der Waals surface area contributed by atoms with Crippen LogP contribution < -0.4 is 0 Å². The van der Waals surface area contributed by atoms with Crippen molar-refractivity contribution < 1.29 is 4.79 Å². The van der Waals surface area contributed by atoms with Gasteiger partial charge in [-0.2, -0.15) is 5.10 Å². The molecule has 4 rings (SSSR count). The number of carbonyl (C=O) groups is 1. The molecule has 4 aromatic rings. The van der Waals surface area contributed by atoms with Gasteiger partial charge in [0.05, 0.1) is 5.69 Å². The first-order chi connectivity index (χ1) is 13.9. The average Bonchev–Trinajstić information content (AvgIpc) is 3.08. The Kier molecular flexibility index (Phi) is 5.05. The van der Waals surface area contributed by atoms with Gasteiger partial charge in [0.15, 0.2) is 5.65 Å². The van der Waals surface area contributed by atoms with Crippen molar-refractivity contribution in [3.8, 4) is 0 Å². The Morgan fingerprint density at radius 1 is 1.07 bits per heavy atom. The zero-order valence-corrected chi connectivity index (χ0v) is 17.4. The van der Waals surface area contributed by atoms with Crippen LogP contribution in [0.3, 0.4) is 0 Å². The van der Waals surface area contributed by atoms with Crippen molar-refractivity contribution in [3.63, 3.8) is 0 Å². The second kappa shape index (κ2) is 7.66. The molecule has 1 amide bonds. The lowest BCUT2D eigenvalue weighted by atomic mass is 10.0. The number of amides is 1. The molecule has 0 aliphatic heterocycles. The molecule has 0 radical (unpaired) electrons. The SMILES string of the molecule is Cc1cc2nc(C)c(CCC(=O)N(C)Cc3cccc4ccccc34)c(C)n2n1. The van der Waals surface area contributed by atoms with Gasteiger partial charge in [-0.25, -0.2) is 9.50 Å². The van der Waals surface area contributed by atoms with Gasteiger partial charge in [-0.05, 0) is 49.1 Å². The highest BCUT2D eigenvalue weighted by atomic mass is 16.2. The summed E-state index contributed by atoms with van der Waals surface area (Å²) in [4.78, 5) is 19.3. The zero-order valence-electron chi connectivity index (χ0n) is 17.4. The van der Waals surface area contributed by atoms with E-state index in [9.17, 15) is 4.79 Å². The van der Waals surface area contributed by atoms with Gasteiger partial charge in [0, 0.05) is 37.5 Å². The summed E-state index contributed by atoms with van der Waals surface area (Å²) in [5.74, 6) is 0.133. The summed E-state index contributed by atoms with van der Waals surface area (Å²) in [5, 5.41) is 6.92. The molecule has 0 aliphatic carbocycles. The Labute approximate surface area is 171 Å². The van der Waals surface area contributed by atoms with Gasteiger partial charge in [0.25, 0.3) is 0 Å². The summed E-state index contributed by atoms with van der Waals surface area (Å²) >= 11 is 0. The molecule has 0 saturated heterocycles. The van der Waals surface area contributed by atoms with Crippen LogP contribution in [0, 0.1) is 20.8 Å². The van der Waals surface area contributed by atoms with Crippen molar-refractivity contribution in [2.45, 2.75) is 40.2 Å². The van der Waals surface area contributed by atoms with Gasteiger partial charge in [-0.1, -0.05) is 42.5 Å². The first-order valence-corrected chi connectivity index (χ1v) is 9.97. The number of hydrogen-bond acceptors (Lipinski definition) is 3. The van der Waals surface area contributed by atoms with Gasteiger partial charge in [0.2, 0.25) is 5.91 Å². The lowest BCUT2D eigenvalue weighted by Crippen LogP contribution is -2.26. The molecule has 148 valence electrons. The fraction of sp³-hybridized carbons (Fsp3) is 0.292. The van der Waals surface area contributed by atoms with Crippen LogP contribution in [0.25, 0.3) is 16.4 Å². The molecular formula is C24H26N4O. The van der Waals surface area contributed by atoms with Crippen LogP contribution in [0.4, 0.5) is 0 Å². The van der Waals surface area contributed by atoms with Gasteiger partial charge in [-0.3, -0.25) is 4.79 Å². The zero-order chi connectivity index (χ0) is 20.5. The minimum absolute atomic E-state index is 0.133. The number of aryl methyl sites for hydroxylation is 3. The van der Waals surface area contributed by atoms with Gasteiger partial charge >= 0.3 is 0 Å². The van der Waals surface area contributed by atoms with Crippen molar-refractivity contribution in [1.29, 1.82) is 0 Å². The highest BCUT2D eigenvalue weighted by molar-refractivity contribution is 5.86. The first-order valence-electron chi connectivity index (χ1n) is 9.97. The summed E-state index contributed by atoms with van der Waals surface area (Å²) in [5.41, 5.74) is 6.11. The van der Waals surface area contributed by atoms with E-state index >= 15 is 0 Å². The lowest BCUT2D eigenvalue weighted by Gasteiger charge is -2.19. The van der Waals surface area contributed by atoms with E-state index in [1.807, 2.05) is 55.4 Å².